The van der Waals surface area contributed by atoms with Gasteiger partial charge in [0.15, 0.2) is 0 Å². The predicted octanol–water partition coefficient (Wildman–Crippen LogP) is 2.66. The molecular formula is C11H12BrNO2. The zero-order valence-corrected chi connectivity index (χ0v) is 9.97. The smallest absolute Gasteiger partial charge is 0.135 e. The number of phenols is 1. The second-order valence-corrected chi connectivity index (χ2v) is 4.18. The molecule has 0 amide bonds. The van der Waals surface area contributed by atoms with Crippen LogP contribution < -0.4 is 5.32 Å². The van der Waals surface area contributed by atoms with Gasteiger partial charge in [-0.15, -0.1) is 0 Å². The van der Waals surface area contributed by atoms with Crippen LogP contribution in [0.4, 0.5) is 0 Å². The Hall–Kier alpha value is -1.00. The number of aromatic hydroxyl groups is 1. The van der Waals surface area contributed by atoms with Crippen molar-refractivity contribution in [3.8, 4) is 5.75 Å². The van der Waals surface area contributed by atoms with Gasteiger partial charge in [0.25, 0.3) is 0 Å². The standard InChI is InChI=1S/C11H12BrNO2/c1-13-4-2-7-6-9-8(3-5-15-9)10(12)11(7)14/h3,5-6,13-14H,2,4H2,1H3. The average molecular weight is 270 g/mol. The Bertz CT molecular complexity index is 479. The molecule has 15 heavy (non-hydrogen) atoms. The zero-order valence-electron chi connectivity index (χ0n) is 8.38. The molecule has 80 valence electrons. The van der Waals surface area contributed by atoms with Gasteiger partial charge in [-0.05, 0) is 48.1 Å². The molecule has 3 nitrogen and oxygen atoms in total. The molecule has 4 heteroatoms. The van der Waals surface area contributed by atoms with Crippen LogP contribution in [0.3, 0.4) is 0 Å². The highest BCUT2D eigenvalue weighted by Gasteiger charge is 2.11. The Labute approximate surface area is 96.2 Å². The fraction of sp³-hybridized carbons (Fsp3) is 0.273. The summed E-state index contributed by atoms with van der Waals surface area (Å²) in [6, 6.07) is 3.72. The lowest BCUT2D eigenvalue weighted by molar-refractivity contribution is 0.464. The number of fused-ring (bicyclic) bond motifs is 1. The molecule has 2 N–H and O–H groups in total. The minimum atomic E-state index is 0.305. The Kier molecular flexibility index (Phi) is 2.98. The lowest BCUT2D eigenvalue weighted by atomic mass is 10.1. The largest absolute Gasteiger partial charge is 0.506 e. The van der Waals surface area contributed by atoms with Crippen LogP contribution in [0.5, 0.6) is 5.75 Å². The monoisotopic (exact) mass is 269 g/mol. The average Bonchev–Trinajstić information content (AvgIpc) is 2.69. The van der Waals surface area contributed by atoms with E-state index in [0.29, 0.717) is 10.2 Å². The summed E-state index contributed by atoms with van der Waals surface area (Å²) < 4.78 is 6.02. The number of hydrogen-bond donors (Lipinski definition) is 2. The van der Waals surface area contributed by atoms with Gasteiger partial charge < -0.3 is 14.8 Å². The molecule has 0 unspecified atom stereocenters. The zero-order chi connectivity index (χ0) is 10.8. The maximum atomic E-state index is 9.92. The summed E-state index contributed by atoms with van der Waals surface area (Å²) in [6.07, 6.45) is 2.40. The number of benzene rings is 1. The first-order chi connectivity index (χ1) is 7.24. The third-order valence-electron chi connectivity index (χ3n) is 2.39. The first-order valence-corrected chi connectivity index (χ1v) is 5.55. The van der Waals surface area contributed by atoms with E-state index in [9.17, 15) is 5.11 Å². The van der Waals surface area contributed by atoms with Crippen LogP contribution in [0, 0.1) is 0 Å². The van der Waals surface area contributed by atoms with Crippen LogP contribution in [-0.4, -0.2) is 18.7 Å². The Morgan fingerprint density at radius 2 is 2.33 bits per heavy atom. The van der Waals surface area contributed by atoms with Crippen molar-refractivity contribution in [3.63, 3.8) is 0 Å². The third kappa shape index (κ3) is 1.87. The van der Waals surface area contributed by atoms with Crippen molar-refractivity contribution in [2.24, 2.45) is 0 Å². The lowest BCUT2D eigenvalue weighted by Crippen LogP contribution is -2.10. The molecule has 2 aromatic rings. The first kappa shape index (κ1) is 10.5. The van der Waals surface area contributed by atoms with Crippen LogP contribution in [-0.2, 0) is 6.42 Å². The number of likely N-dealkylation sites (N-methyl/N-ethyl adjacent to an activating group) is 1. The first-order valence-electron chi connectivity index (χ1n) is 4.76. The van der Waals surface area contributed by atoms with Crippen LogP contribution in [0.25, 0.3) is 11.0 Å². The van der Waals surface area contributed by atoms with E-state index in [0.717, 1.165) is 29.5 Å². The third-order valence-corrected chi connectivity index (χ3v) is 3.20. The maximum absolute atomic E-state index is 9.92. The molecule has 0 saturated heterocycles. The number of halogens is 1. The van der Waals surface area contributed by atoms with Crippen LogP contribution in [0.15, 0.2) is 27.3 Å². The number of rotatable bonds is 3. The van der Waals surface area contributed by atoms with E-state index in [1.807, 2.05) is 19.2 Å². The van der Waals surface area contributed by atoms with E-state index >= 15 is 0 Å². The summed E-state index contributed by atoms with van der Waals surface area (Å²) >= 11 is 3.37. The molecular weight excluding hydrogens is 258 g/mol. The number of furan rings is 1. The van der Waals surface area contributed by atoms with Gasteiger partial charge >= 0.3 is 0 Å². The number of hydrogen-bond acceptors (Lipinski definition) is 3. The van der Waals surface area contributed by atoms with E-state index < -0.39 is 0 Å². The molecule has 2 rings (SSSR count). The maximum Gasteiger partial charge on any atom is 0.135 e. The topological polar surface area (TPSA) is 45.4 Å². The molecule has 1 heterocycles. The van der Waals surface area contributed by atoms with Crippen LogP contribution in [0.1, 0.15) is 5.56 Å². The van der Waals surface area contributed by atoms with Gasteiger partial charge in [-0.25, -0.2) is 0 Å². The molecule has 0 atom stereocenters. The van der Waals surface area contributed by atoms with Gasteiger partial charge in [-0.2, -0.15) is 0 Å². The highest BCUT2D eigenvalue weighted by molar-refractivity contribution is 9.10. The van der Waals surface area contributed by atoms with Gasteiger partial charge in [0.1, 0.15) is 11.3 Å². The fourth-order valence-corrected chi connectivity index (χ4v) is 2.14. The summed E-state index contributed by atoms with van der Waals surface area (Å²) in [7, 11) is 1.89. The molecule has 0 saturated carbocycles. The minimum Gasteiger partial charge on any atom is -0.506 e. The van der Waals surface area contributed by atoms with E-state index in [1.54, 1.807) is 6.26 Å². The Morgan fingerprint density at radius 3 is 3.07 bits per heavy atom. The lowest BCUT2D eigenvalue weighted by Gasteiger charge is -2.06. The Morgan fingerprint density at radius 1 is 1.53 bits per heavy atom. The second-order valence-electron chi connectivity index (χ2n) is 3.38. The number of nitrogens with one attached hydrogen (secondary N) is 1. The highest BCUT2D eigenvalue weighted by atomic mass is 79.9. The summed E-state index contributed by atoms with van der Waals surface area (Å²) in [5.41, 5.74) is 1.68. The molecule has 0 aliphatic heterocycles. The fourth-order valence-electron chi connectivity index (χ4n) is 1.56. The van der Waals surface area contributed by atoms with Crippen molar-refractivity contribution < 1.29 is 9.52 Å². The van der Waals surface area contributed by atoms with Gasteiger partial charge in [-0.3, -0.25) is 0 Å². The SMILES string of the molecule is CNCCc1cc2occc2c(Br)c1O. The van der Waals surface area contributed by atoms with Crippen molar-refractivity contribution in [1.29, 1.82) is 0 Å². The van der Waals surface area contributed by atoms with E-state index in [4.69, 9.17) is 4.42 Å². The van der Waals surface area contributed by atoms with Crippen molar-refractivity contribution in [1.82, 2.24) is 5.32 Å². The molecule has 0 aliphatic rings. The molecule has 0 aliphatic carbocycles. The van der Waals surface area contributed by atoms with Crippen LogP contribution in [0.2, 0.25) is 0 Å². The van der Waals surface area contributed by atoms with E-state index in [-0.39, 0.29) is 0 Å². The molecule has 0 fully saturated rings. The summed E-state index contributed by atoms with van der Waals surface area (Å²) in [6.45, 7) is 0.826. The molecule has 0 radical (unpaired) electrons. The molecule has 1 aromatic heterocycles. The molecule has 0 bridgehead atoms. The Balaban J connectivity index is 2.50. The predicted molar refractivity (Wildman–Crippen MR) is 63.2 cm³/mol. The van der Waals surface area contributed by atoms with Gasteiger partial charge in [0.05, 0.1) is 10.7 Å². The van der Waals surface area contributed by atoms with Gasteiger partial charge in [0.2, 0.25) is 0 Å². The van der Waals surface area contributed by atoms with Crippen molar-refractivity contribution in [2.45, 2.75) is 6.42 Å². The minimum absolute atomic E-state index is 0.305. The van der Waals surface area contributed by atoms with Crippen molar-refractivity contribution in [2.75, 3.05) is 13.6 Å². The summed E-state index contributed by atoms with van der Waals surface area (Å²) in [4.78, 5) is 0. The van der Waals surface area contributed by atoms with Crippen LogP contribution >= 0.6 is 15.9 Å². The number of phenolic OH excluding ortho intramolecular Hbond substituents is 1. The van der Waals surface area contributed by atoms with E-state index in [1.165, 1.54) is 0 Å². The summed E-state index contributed by atoms with van der Waals surface area (Å²) in [5.74, 6) is 0.305. The highest BCUT2D eigenvalue weighted by Crippen LogP contribution is 2.36. The molecule has 1 aromatic carbocycles. The second kappa shape index (κ2) is 4.24. The van der Waals surface area contributed by atoms with Gasteiger partial charge in [-0.1, -0.05) is 0 Å². The summed E-state index contributed by atoms with van der Waals surface area (Å²) in [5, 5.41) is 13.9. The van der Waals surface area contributed by atoms with Crippen molar-refractivity contribution in [3.05, 3.63) is 28.4 Å². The van der Waals surface area contributed by atoms with Crippen molar-refractivity contribution >= 4 is 26.9 Å². The quantitative estimate of drug-likeness (QED) is 0.901. The molecule has 0 spiro atoms. The van der Waals surface area contributed by atoms with E-state index in [2.05, 4.69) is 21.2 Å². The van der Waals surface area contributed by atoms with Gasteiger partial charge in [0, 0.05) is 10.9 Å². The normalized spacial score (nSPS) is 11.1.